The third-order valence-corrected chi connectivity index (χ3v) is 2.03. The van der Waals surface area contributed by atoms with E-state index in [4.69, 9.17) is 4.74 Å². The van der Waals surface area contributed by atoms with Crippen LogP contribution in [-0.4, -0.2) is 25.3 Å². The van der Waals surface area contributed by atoms with Gasteiger partial charge in [0.25, 0.3) is 0 Å². The fourth-order valence-corrected chi connectivity index (χ4v) is 1.37. The summed E-state index contributed by atoms with van der Waals surface area (Å²) in [5, 5.41) is 3.31. The maximum Gasteiger partial charge on any atom is 0.0437 e. The van der Waals surface area contributed by atoms with E-state index in [1.54, 1.807) is 0 Å². The minimum atomic E-state index is 0.625. The second-order valence-corrected chi connectivity index (χ2v) is 4.96. The molecule has 0 aromatic heterocycles. The van der Waals surface area contributed by atoms with Crippen LogP contribution in [-0.2, 0) is 4.74 Å². The Balaban J connectivity index is -0.000000190. The smallest absolute Gasteiger partial charge is 0.0437 e. The zero-order chi connectivity index (χ0) is 14.8. The van der Waals surface area contributed by atoms with Crippen LogP contribution in [0.25, 0.3) is 0 Å². The Morgan fingerprint density at radius 2 is 1.06 bits per heavy atom. The summed E-state index contributed by atoms with van der Waals surface area (Å²) in [6.45, 7) is 18.7. The van der Waals surface area contributed by atoms with Crippen LogP contribution in [0.5, 0.6) is 0 Å². The SMILES string of the molecule is CC(C)NC(C)C.CCCCCC.CCOCC. The highest BCUT2D eigenvalue weighted by Crippen LogP contribution is 1.95. The Bertz CT molecular complexity index is 102. The van der Waals surface area contributed by atoms with Gasteiger partial charge in [-0.25, -0.2) is 0 Å². The van der Waals surface area contributed by atoms with E-state index in [2.05, 4.69) is 46.9 Å². The van der Waals surface area contributed by atoms with Crippen LogP contribution in [0.2, 0.25) is 0 Å². The van der Waals surface area contributed by atoms with E-state index in [-0.39, 0.29) is 0 Å². The van der Waals surface area contributed by atoms with Crippen molar-refractivity contribution >= 4 is 0 Å². The van der Waals surface area contributed by atoms with Crippen molar-refractivity contribution in [3.05, 3.63) is 0 Å². The van der Waals surface area contributed by atoms with Crippen molar-refractivity contribution in [3.8, 4) is 0 Å². The molecule has 0 saturated heterocycles. The number of unbranched alkanes of at least 4 members (excludes halogenated alkanes) is 3. The molecule has 0 rings (SSSR count). The van der Waals surface area contributed by atoms with E-state index >= 15 is 0 Å². The molecule has 0 saturated carbocycles. The molecule has 0 spiro atoms. The van der Waals surface area contributed by atoms with E-state index in [1.807, 2.05) is 13.8 Å². The lowest BCUT2D eigenvalue weighted by molar-refractivity contribution is 0.162. The molecule has 0 aliphatic heterocycles. The van der Waals surface area contributed by atoms with Crippen LogP contribution in [0, 0.1) is 0 Å². The molecule has 0 atom stereocenters. The van der Waals surface area contributed by atoms with E-state index < -0.39 is 0 Å². The van der Waals surface area contributed by atoms with Gasteiger partial charge in [0.1, 0.15) is 0 Å². The predicted molar refractivity (Wildman–Crippen MR) is 85.4 cm³/mol. The Labute approximate surface area is 117 Å². The van der Waals surface area contributed by atoms with Gasteiger partial charge >= 0.3 is 0 Å². The molecule has 0 heterocycles. The molecule has 0 amide bonds. The normalized spacial score (nSPS) is 9.67. The predicted octanol–water partition coefficient (Wildman–Crippen LogP) is 5.02. The Morgan fingerprint density at radius 1 is 0.722 bits per heavy atom. The molecule has 0 fully saturated rings. The summed E-state index contributed by atoms with van der Waals surface area (Å²) >= 11 is 0. The molecule has 0 aliphatic carbocycles. The topological polar surface area (TPSA) is 21.3 Å². The minimum absolute atomic E-state index is 0.625. The van der Waals surface area contributed by atoms with Crippen molar-refractivity contribution < 1.29 is 4.74 Å². The van der Waals surface area contributed by atoms with E-state index in [0.29, 0.717) is 12.1 Å². The molecule has 114 valence electrons. The highest BCUT2D eigenvalue weighted by atomic mass is 16.5. The summed E-state index contributed by atoms with van der Waals surface area (Å²) in [4.78, 5) is 0. The number of rotatable bonds is 7. The average molecular weight is 261 g/mol. The lowest BCUT2D eigenvalue weighted by Crippen LogP contribution is -2.29. The fraction of sp³-hybridized carbons (Fsp3) is 1.00. The first-order valence-corrected chi connectivity index (χ1v) is 7.79. The van der Waals surface area contributed by atoms with Crippen molar-refractivity contribution in [1.29, 1.82) is 0 Å². The van der Waals surface area contributed by atoms with Crippen LogP contribution in [0.4, 0.5) is 0 Å². The Kier molecular flexibility index (Phi) is 28.3. The highest BCUT2D eigenvalue weighted by molar-refractivity contribution is 4.55. The largest absolute Gasteiger partial charge is 0.382 e. The van der Waals surface area contributed by atoms with Crippen LogP contribution < -0.4 is 5.32 Å². The number of hydrogen-bond donors (Lipinski definition) is 1. The summed E-state index contributed by atoms with van der Waals surface area (Å²) in [6, 6.07) is 1.25. The van der Waals surface area contributed by atoms with Gasteiger partial charge in [-0.05, 0) is 13.8 Å². The molecular formula is C16H39NO. The van der Waals surface area contributed by atoms with Crippen molar-refractivity contribution in [2.45, 2.75) is 93.2 Å². The molecule has 1 N–H and O–H groups in total. The molecular weight excluding hydrogens is 222 g/mol. The van der Waals surface area contributed by atoms with E-state index in [1.165, 1.54) is 25.7 Å². The van der Waals surface area contributed by atoms with Gasteiger partial charge in [-0.2, -0.15) is 0 Å². The second kappa shape index (κ2) is 22.1. The summed E-state index contributed by atoms with van der Waals surface area (Å²) in [5.41, 5.74) is 0. The zero-order valence-electron chi connectivity index (χ0n) is 14.3. The van der Waals surface area contributed by atoms with Crippen molar-refractivity contribution in [2.24, 2.45) is 0 Å². The van der Waals surface area contributed by atoms with Gasteiger partial charge in [0.05, 0.1) is 0 Å². The van der Waals surface area contributed by atoms with Gasteiger partial charge in [0.2, 0.25) is 0 Å². The molecule has 0 aromatic carbocycles. The summed E-state index contributed by atoms with van der Waals surface area (Å²) in [6.07, 6.45) is 5.54. The maximum atomic E-state index is 4.83. The quantitative estimate of drug-likeness (QED) is 0.650. The van der Waals surface area contributed by atoms with Crippen molar-refractivity contribution in [1.82, 2.24) is 5.32 Å². The first-order chi connectivity index (χ1) is 8.45. The third kappa shape index (κ3) is 44.5. The molecule has 0 unspecified atom stereocenters. The van der Waals surface area contributed by atoms with Gasteiger partial charge in [-0.1, -0.05) is 67.2 Å². The Hall–Kier alpha value is -0.0800. The second-order valence-electron chi connectivity index (χ2n) is 4.96. The average Bonchev–Trinajstić information content (AvgIpc) is 2.27. The summed E-state index contributed by atoms with van der Waals surface area (Å²) in [5.74, 6) is 0. The van der Waals surface area contributed by atoms with Crippen molar-refractivity contribution in [3.63, 3.8) is 0 Å². The number of ether oxygens (including phenoxy) is 1. The third-order valence-electron chi connectivity index (χ3n) is 2.03. The number of nitrogens with one attached hydrogen (secondary N) is 1. The minimum Gasteiger partial charge on any atom is -0.382 e. The van der Waals surface area contributed by atoms with Gasteiger partial charge < -0.3 is 10.1 Å². The lowest BCUT2D eigenvalue weighted by Gasteiger charge is -2.10. The maximum absolute atomic E-state index is 4.83. The molecule has 0 aromatic rings. The van der Waals surface area contributed by atoms with Gasteiger partial charge in [-0.15, -0.1) is 0 Å². The van der Waals surface area contributed by atoms with Crippen LogP contribution in [0.1, 0.15) is 81.1 Å². The van der Waals surface area contributed by atoms with E-state index in [9.17, 15) is 0 Å². The Morgan fingerprint density at radius 3 is 1.11 bits per heavy atom. The van der Waals surface area contributed by atoms with Crippen LogP contribution in [0.15, 0.2) is 0 Å². The van der Waals surface area contributed by atoms with E-state index in [0.717, 1.165) is 13.2 Å². The molecule has 18 heavy (non-hydrogen) atoms. The fourth-order valence-electron chi connectivity index (χ4n) is 1.37. The first kappa shape index (κ1) is 23.0. The van der Waals surface area contributed by atoms with Gasteiger partial charge in [0, 0.05) is 25.3 Å². The van der Waals surface area contributed by atoms with Crippen LogP contribution in [0.3, 0.4) is 0 Å². The summed E-state index contributed by atoms with van der Waals surface area (Å²) in [7, 11) is 0. The number of hydrogen-bond acceptors (Lipinski definition) is 2. The van der Waals surface area contributed by atoms with Gasteiger partial charge in [0.15, 0.2) is 0 Å². The summed E-state index contributed by atoms with van der Waals surface area (Å²) < 4.78 is 4.83. The molecule has 2 nitrogen and oxygen atoms in total. The molecule has 0 bridgehead atoms. The van der Waals surface area contributed by atoms with Crippen LogP contribution >= 0.6 is 0 Å². The standard InChI is InChI=1S/C6H15N.C6H14.C4H10O/c1-5(2)7-6(3)4;1-3-5-6-4-2;1-3-5-4-2/h5-7H,1-4H3;3-6H2,1-2H3;3-4H2,1-2H3. The lowest BCUT2D eigenvalue weighted by atomic mass is 10.2. The monoisotopic (exact) mass is 261 g/mol. The van der Waals surface area contributed by atoms with Crippen molar-refractivity contribution in [2.75, 3.05) is 13.2 Å². The zero-order valence-corrected chi connectivity index (χ0v) is 14.3. The molecule has 0 radical (unpaired) electrons. The molecule has 0 aliphatic rings. The van der Waals surface area contributed by atoms with Gasteiger partial charge in [-0.3, -0.25) is 0 Å². The highest BCUT2D eigenvalue weighted by Gasteiger charge is 1.92. The molecule has 2 heteroatoms. The first-order valence-electron chi connectivity index (χ1n) is 7.79.